The molecule has 1 saturated heterocycles. The third kappa shape index (κ3) is 4.67. The molecule has 0 bridgehead atoms. The number of pyridine rings is 1. The van der Waals surface area contributed by atoms with Crippen LogP contribution in [0.4, 0.5) is 23.4 Å². The SMILES string of the molecule is C[C@H](C(=O)Nc1cn2c(n1)CC[C@H]2c1cc(F)cc(F)c1)N1CCC(F)(F)[C@@H](c2cc[n+]([O-])cc2)C1. The van der Waals surface area contributed by atoms with Crippen molar-refractivity contribution in [1.29, 1.82) is 0 Å². The van der Waals surface area contributed by atoms with Crippen LogP contribution in [-0.4, -0.2) is 45.4 Å². The van der Waals surface area contributed by atoms with E-state index in [1.165, 1.54) is 36.7 Å². The molecule has 0 spiro atoms. The molecule has 5 rings (SSSR count). The van der Waals surface area contributed by atoms with Crippen molar-refractivity contribution in [2.24, 2.45) is 0 Å². The normalized spacial score (nSPS) is 22.2. The molecule has 1 aromatic carbocycles. The number of fused-ring (bicyclic) bond motifs is 1. The largest absolute Gasteiger partial charge is 0.619 e. The first kappa shape index (κ1) is 24.2. The molecule has 0 radical (unpaired) electrons. The van der Waals surface area contributed by atoms with Crippen molar-refractivity contribution < 1.29 is 27.1 Å². The quantitative estimate of drug-likeness (QED) is 0.327. The molecule has 7 nitrogen and oxygen atoms in total. The number of hydrogen-bond acceptors (Lipinski definition) is 4. The first-order valence-electron chi connectivity index (χ1n) is 11.8. The highest BCUT2D eigenvalue weighted by molar-refractivity contribution is 5.93. The van der Waals surface area contributed by atoms with Crippen LogP contribution in [0, 0.1) is 16.8 Å². The molecule has 1 fully saturated rings. The summed E-state index contributed by atoms with van der Waals surface area (Å²) in [6.07, 6.45) is 4.80. The van der Waals surface area contributed by atoms with Crippen LogP contribution in [-0.2, 0) is 11.2 Å². The standard InChI is InChI=1S/C25H25F4N5O2/c1-15(32-9-6-25(28,29)20(13-32)16-4-7-33(36)8-5-16)24(35)31-22-14-34-21(2-3-23(34)30-22)17-10-18(26)12-19(27)11-17/h4-5,7-8,10-12,14-15,20-21H,2-3,6,9,13H2,1H3,(H,31,35)/t15-,20-,21+/m1/s1. The lowest BCUT2D eigenvalue weighted by Gasteiger charge is -2.40. The van der Waals surface area contributed by atoms with E-state index < -0.39 is 41.8 Å². The Morgan fingerprint density at radius 3 is 2.58 bits per heavy atom. The number of aryl methyl sites for hydroxylation is 1. The second-order valence-corrected chi connectivity index (χ2v) is 9.42. The summed E-state index contributed by atoms with van der Waals surface area (Å²) in [5, 5.41) is 14.1. The van der Waals surface area contributed by atoms with Crippen LogP contribution in [0.5, 0.6) is 0 Å². The van der Waals surface area contributed by atoms with Crippen LogP contribution in [0.15, 0.2) is 48.9 Å². The summed E-state index contributed by atoms with van der Waals surface area (Å²) in [6.45, 7) is 1.64. The number of alkyl halides is 2. The molecule has 0 saturated carbocycles. The van der Waals surface area contributed by atoms with Gasteiger partial charge in [0.05, 0.1) is 18.0 Å². The van der Waals surface area contributed by atoms with Gasteiger partial charge < -0.3 is 15.1 Å². The van der Waals surface area contributed by atoms with Gasteiger partial charge in [-0.05, 0) is 36.6 Å². The van der Waals surface area contributed by atoms with E-state index in [1.807, 2.05) is 0 Å². The average molecular weight is 504 g/mol. The molecule has 190 valence electrons. The van der Waals surface area contributed by atoms with Gasteiger partial charge in [0.2, 0.25) is 5.91 Å². The highest BCUT2D eigenvalue weighted by Crippen LogP contribution is 2.40. The lowest BCUT2D eigenvalue weighted by Crippen LogP contribution is -2.52. The molecule has 1 amide bonds. The third-order valence-corrected chi connectivity index (χ3v) is 7.12. The van der Waals surface area contributed by atoms with Gasteiger partial charge in [-0.1, -0.05) is 0 Å². The van der Waals surface area contributed by atoms with Gasteiger partial charge in [-0.2, -0.15) is 4.73 Å². The minimum absolute atomic E-state index is 0.0410. The van der Waals surface area contributed by atoms with Crippen molar-refractivity contribution >= 4 is 11.7 Å². The zero-order chi connectivity index (χ0) is 25.6. The zero-order valence-corrected chi connectivity index (χ0v) is 19.5. The van der Waals surface area contributed by atoms with Gasteiger partial charge in [0, 0.05) is 50.3 Å². The number of nitrogens with zero attached hydrogens (tertiary/aromatic N) is 4. The predicted molar refractivity (Wildman–Crippen MR) is 122 cm³/mol. The van der Waals surface area contributed by atoms with E-state index in [4.69, 9.17) is 0 Å². The topological polar surface area (TPSA) is 77.1 Å². The monoisotopic (exact) mass is 503 g/mol. The molecular weight excluding hydrogens is 478 g/mol. The molecule has 0 aliphatic carbocycles. The number of nitrogens with one attached hydrogen (secondary N) is 1. The number of piperidine rings is 1. The summed E-state index contributed by atoms with van der Waals surface area (Å²) in [4.78, 5) is 19.1. The maximum atomic E-state index is 14.7. The van der Waals surface area contributed by atoms with E-state index in [0.29, 0.717) is 40.3 Å². The molecule has 2 aliphatic rings. The number of amides is 1. The Morgan fingerprint density at radius 2 is 1.89 bits per heavy atom. The van der Waals surface area contributed by atoms with Gasteiger partial charge >= 0.3 is 0 Å². The number of anilines is 1. The van der Waals surface area contributed by atoms with E-state index >= 15 is 0 Å². The fourth-order valence-electron chi connectivity index (χ4n) is 5.13. The summed E-state index contributed by atoms with van der Waals surface area (Å²) < 4.78 is 59.1. The molecule has 11 heteroatoms. The number of imidazole rings is 1. The van der Waals surface area contributed by atoms with Gasteiger partial charge in [0.1, 0.15) is 17.5 Å². The Hall–Kier alpha value is -3.47. The van der Waals surface area contributed by atoms with E-state index in [0.717, 1.165) is 6.07 Å². The maximum Gasteiger partial charge on any atom is 0.257 e. The smallest absolute Gasteiger partial charge is 0.257 e. The first-order chi connectivity index (χ1) is 17.1. The minimum atomic E-state index is -2.96. The van der Waals surface area contributed by atoms with Crippen LogP contribution in [0.1, 0.15) is 48.7 Å². The van der Waals surface area contributed by atoms with Crippen LogP contribution >= 0.6 is 0 Å². The third-order valence-electron chi connectivity index (χ3n) is 7.12. The summed E-state index contributed by atoms with van der Waals surface area (Å²) >= 11 is 0. The maximum absolute atomic E-state index is 14.7. The molecule has 3 aromatic rings. The van der Waals surface area contributed by atoms with Crippen LogP contribution < -0.4 is 10.0 Å². The molecular formula is C25H25F4N5O2. The molecule has 1 N–H and O–H groups in total. The highest BCUT2D eigenvalue weighted by Gasteiger charge is 2.46. The number of halogens is 4. The number of likely N-dealkylation sites (tertiary alicyclic amines) is 1. The summed E-state index contributed by atoms with van der Waals surface area (Å²) in [6, 6.07) is 5.15. The van der Waals surface area contributed by atoms with E-state index in [9.17, 15) is 27.6 Å². The lowest BCUT2D eigenvalue weighted by molar-refractivity contribution is -0.605. The molecule has 3 atom stereocenters. The van der Waals surface area contributed by atoms with Crippen molar-refractivity contribution in [2.45, 2.75) is 50.1 Å². The fraction of sp³-hybridized carbons (Fsp3) is 0.400. The number of aromatic nitrogens is 3. The van der Waals surface area contributed by atoms with Gasteiger partial charge in [0.15, 0.2) is 18.2 Å². The second kappa shape index (κ2) is 9.20. The van der Waals surface area contributed by atoms with E-state index in [-0.39, 0.29) is 19.1 Å². The Morgan fingerprint density at radius 1 is 1.19 bits per heavy atom. The Bertz CT molecular complexity index is 1260. The number of hydrogen-bond donors (Lipinski definition) is 1. The van der Waals surface area contributed by atoms with Crippen molar-refractivity contribution in [3.63, 3.8) is 0 Å². The molecule has 36 heavy (non-hydrogen) atoms. The average Bonchev–Trinajstić information content (AvgIpc) is 3.39. The van der Waals surface area contributed by atoms with Gasteiger partial charge in [-0.25, -0.2) is 22.5 Å². The Balaban J connectivity index is 1.28. The zero-order valence-electron chi connectivity index (χ0n) is 19.5. The van der Waals surface area contributed by atoms with Crippen LogP contribution in [0.2, 0.25) is 0 Å². The van der Waals surface area contributed by atoms with Crippen LogP contribution in [0.3, 0.4) is 0 Å². The van der Waals surface area contributed by atoms with Crippen molar-refractivity contribution in [2.75, 3.05) is 18.4 Å². The summed E-state index contributed by atoms with van der Waals surface area (Å²) in [5.74, 6) is -4.84. The van der Waals surface area contributed by atoms with Crippen molar-refractivity contribution in [1.82, 2.24) is 14.5 Å². The molecule has 2 aromatic heterocycles. The first-order valence-corrected chi connectivity index (χ1v) is 11.8. The summed E-state index contributed by atoms with van der Waals surface area (Å²) in [7, 11) is 0. The predicted octanol–water partition coefficient (Wildman–Crippen LogP) is 3.78. The number of carbonyl (C=O) groups excluding carboxylic acids is 1. The molecule has 2 aliphatic heterocycles. The van der Waals surface area contributed by atoms with Crippen molar-refractivity contribution in [3.05, 3.63) is 82.7 Å². The molecule has 0 unspecified atom stereocenters. The Kier molecular flexibility index (Phi) is 6.19. The highest BCUT2D eigenvalue weighted by atomic mass is 19.3. The van der Waals surface area contributed by atoms with Gasteiger partial charge in [-0.15, -0.1) is 0 Å². The number of carbonyl (C=O) groups is 1. The number of benzene rings is 1. The lowest BCUT2D eigenvalue weighted by atomic mass is 9.87. The second-order valence-electron chi connectivity index (χ2n) is 9.42. The van der Waals surface area contributed by atoms with Gasteiger partial charge in [0.25, 0.3) is 5.92 Å². The van der Waals surface area contributed by atoms with Crippen molar-refractivity contribution in [3.8, 4) is 0 Å². The minimum Gasteiger partial charge on any atom is -0.619 e. The number of rotatable bonds is 5. The van der Waals surface area contributed by atoms with E-state index in [1.54, 1.807) is 22.6 Å². The van der Waals surface area contributed by atoms with E-state index in [2.05, 4.69) is 10.3 Å². The van der Waals surface area contributed by atoms with Crippen LogP contribution in [0.25, 0.3) is 0 Å². The summed E-state index contributed by atoms with van der Waals surface area (Å²) in [5.41, 5.74) is 0.827. The Labute approximate surface area is 204 Å². The molecule has 4 heterocycles. The van der Waals surface area contributed by atoms with Gasteiger partial charge in [-0.3, -0.25) is 9.69 Å². The fourth-order valence-corrected chi connectivity index (χ4v) is 5.13.